The van der Waals surface area contributed by atoms with Gasteiger partial charge in [-0.2, -0.15) is 0 Å². The van der Waals surface area contributed by atoms with Crippen LogP contribution in [0.3, 0.4) is 0 Å². The minimum atomic E-state index is -0.389. The Hall–Kier alpha value is -2.04. The van der Waals surface area contributed by atoms with Gasteiger partial charge in [0.05, 0.1) is 0 Å². The zero-order valence-corrected chi connectivity index (χ0v) is 14.7. The number of carbonyl (C=O) groups excluding carboxylic acids is 2. The maximum atomic E-state index is 12.6. The second-order valence-corrected chi connectivity index (χ2v) is 7.40. The van der Waals surface area contributed by atoms with Crippen LogP contribution in [-0.4, -0.2) is 35.0 Å². The summed E-state index contributed by atoms with van der Waals surface area (Å²) < 4.78 is 0. The summed E-state index contributed by atoms with van der Waals surface area (Å²) in [6, 6.07) is 5.34. The summed E-state index contributed by atoms with van der Waals surface area (Å²) in [7, 11) is 0. The van der Waals surface area contributed by atoms with Crippen molar-refractivity contribution in [3.8, 4) is 0 Å². The minimum Gasteiger partial charge on any atom is -0.350 e. The van der Waals surface area contributed by atoms with E-state index < -0.39 is 0 Å². The maximum absolute atomic E-state index is 12.6. The molecule has 1 aliphatic heterocycles. The Bertz CT molecular complexity index is 585. The Labute approximate surface area is 138 Å². The van der Waals surface area contributed by atoms with Crippen LogP contribution in [0, 0.1) is 13.8 Å². The van der Waals surface area contributed by atoms with Crippen LogP contribution in [0.1, 0.15) is 44.7 Å². The van der Waals surface area contributed by atoms with E-state index in [0.29, 0.717) is 13.0 Å². The van der Waals surface area contributed by atoms with Gasteiger partial charge in [-0.1, -0.05) is 6.07 Å². The van der Waals surface area contributed by atoms with Gasteiger partial charge in [0.2, 0.25) is 5.91 Å². The second-order valence-electron chi connectivity index (χ2n) is 7.40. The van der Waals surface area contributed by atoms with E-state index in [1.54, 1.807) is 4.90 Å². The van der Waals surface area contributed by atoms with E-state index in [9.17, 15) is 9.59 Å². The van der Waals surface area contributed by atoms with Crippen molar-refractivity contribution in [2.24, 2.45) is 0 Å². The highest BCUT2D eigenvalue weighted by molar-refractivity contribution is 5.94. The molecule has 5 nitrogen and oxygen atoms in total. The maximum Gasteiger partial charge on any atom is 0.322 e. The Morgan fingerprint density at radius 1 is 1.13 bits per heavy atom. The van der Waals surface area contributed by atoms with Gasteiger partial charge < -0.3 is 15.5 Å². The van der Waals surface area contributed by atoms with E-state index in [1.165, 1.54) is 0 Å². The number of amides is 3. The third kappa shape index (κ3) is 4.71. The molecule has 1 aromatic rings. The van der Waals surface area contributed by atoms with Crippen molar-refractivity contribution >= 4 is 17.6 Å². The zero-order valence-electron chi connectivity index (χ0n) is 14.7. The average Bonchev–Trinajstić information content (AvgIpc) is 2.84. The number of hydrogen-bond acceptors (Lipinski definition) is 2. The summed E-state index contributed by atoms with van der Waals surface area (Å²) in [5.74, 6) is -0.0782. The molecule has 0 radical (unpaired) electrons. The highest BCUT2D eigenvalue weighted by atomic mass is 16.2. The van der Waals surface area contributed by atoms with Crippen LogP contribution in [-0.2, 0) is 4.79 Å². The molecule has 1 atom stereocenters. The molecule has 5 heteroatoms. The molecule has 1 fully saturated rings. The van der Waals surface area contributed by atoms with Crippen molar-refractivity contribution < 1.29 is 9.59 Å². The fourth-order valence-electron chi connectivity index (χ4n) is 2.98. The van der Waals surface area contributed by atoms with Crippen molar-refractivity contribution in [1.82, 2.24) is 10.2 Å². The minimum absolute atomic E-state index is 0.0782. The van der Waals surface area contributed by atoms with Gasteiger partial charge in [-0.3, -0.25) is 4.79 Å². The van der Waals surface area contributed by atoms with Crippen LogP contribution < -0.4 is 10.6 Å². The van der Waals surface area contributed by atoms with Gasteiger partial charge in [-0.25, -0.2) is 4.79 Å². The van der Waals surface area contributed by atoms with Gasteiger partial charge in [0.15, 0.2) is 0 Å². The second kappa shape index (κ2) is 6.60. The van der Waals surface area contributed by atoms with Crippen molar-refractivity contribution in [2.45, 2.75) is 59.0 Å². The Balaban J connectivity index is 2.07. The number of urea groups is 1. The lowest BCUT2D eigenvalue weighted by Gasteiger charge is -2.28. The largest absolute Gasteiger partial charge is 0.350 e. The molecular weight excluding hydrogens is 290 g/mol. The Morgan fingerprint density at radius 3 is 2.30 bits per heavy atom. The number of hydrogen-bond donors (Lipinski definition) is 2. The van der Waals surface area contributed by atoms with Gasteiger partial charge in [-0.15, -0.1) is 0 Å². The van der Waals surface area contributed by atoms with Crippen molar-refractivity contribution in [2.75, 3.05) is 11.9 Å². The quantitative estimate of drug-likeness (QED) is 0.880. The van der Waals surface area contributed by atoms with Crippen LogP contribution in [0.4, 0.5) is 10.5 Å². The number of benzene rings is 1. The van der Waals surface area contributed by atoms with E-state index in [0.717, 1.165) is 23.2 Å². The Morgan fingerprint density at radius 2 is 1.74 bits per heavy atom. The molecule has 126 valence electrons. The molecule has 1 heterocycles. The van der Waals surface area contributed by atoms with Crippen LogP contribution in [0.25, 0.3) is 0 Å². The molecule has 0 unspecified atom stereocenters. The lowest BCUT2D eigenvalue weighted by molar-refractivity contribution is -0.126. The molecule has 3 amide bonds. The van der Waals surface area contributed by atoms with Gasteiger partial charge in [-0.05, 0) is 70.7 Å². The summed E-state index contributed by atoms with van der Waals surface area (Å²) in [6.45, 7) is 10.4. The standard InChI is InChI=1S/C18H27N3O2/c1-12-9-13(2)11-14(10-12)19-17(23)21-8-6-7-15(21)16(22)20-18(3,4)5/h9-11,15H,6-8H2,1-5H3,(H,19,23)(H,20,22)/t15-/m1/s1. The van der Waals surface area contributed by atoms with E-state index in [1.807, 2.05) is 46.8 Å². The van der Waals surface area contributed by atoms with Gasteiger partial charge in [0.25, 0.3) is 0 Å². The SMILES string of the molecule is Cc1cc(C)cc(NC(=O)N2CCC[C@@H]2C(=O)NC(C)(C)C)c1. The van der Waals surface area contributed by atoms with E-state index in [-0.39, 0.29) is 23.5 Å². The number of anilines is 1. The molecule has 23 heavy (non-hydrogen) atoms. The highest BCUT2D eigenvalue weighted by Gasteiger charge is 2.35. The fraction of sp³-hybridized carbons (Fsp3) is 0.556. The summed E-state index contributed by atoms with van der Waals surface area (Å²) in [6.07, 6.45) is 1.56. The van der Waals surface area contributed by atoms with Crippen LogP contribution >= 0.6 is 0 Å². The highest BCUT2D eigenvalue weighted by Crippen LogP contribution is 2.21. The first-order valence-electron chi connectivity index (χ1n) is 8.14. The molecule has 0 bridgehead atoms. The third-order valence-corrected chi connectivity index (χ3v) is 3.79. The molecule has 1 saturated heterocycles. The lowest BCUT2D eigenvalue weighted by atomic mass is 10.1. The molecule has 0 aromatic heterocycles. The molecule has 1 aromatic carbocycles. The van der Waals surface area contributed by atoms with E-state index in [2.05, 4.69) is 16.7 Å². The number of nitrogens with zero attached hydrogens (tertiary/aromatic N) is 1. The number of likely N-dealkylation sites (tertiary alicyclic amines) is 1. The number of aryl methyl sites for hydroxylation is 2. The Kier molecular flexibility index (Phi) is 4.97. The van der Waals surface area contributed by atoms with Crippen LogP contribution in [0.2, 0.25) is 0 Å². The molecule has 2 rings (SSSR count). The summed E-state index contributed by atoms with van der Waals surface area (Å²) in [5.41, 5.74) is 2.68. The average molecular weight is 317 g/mol. The fourth-order valence-corrected chi connectivity index (χ4v) is 2.98. The van der Waals surface area contributed by atoms with E-state index >= 15 is 0 Å². The molecular formula is C18H27N3O2. The van der Waals surface area contributed by atoms with Crippen molar-refractivity contribution in [3.05, 3.63) is 29.3 Å². The number of rotatable bonds is 2. The van der Waals surface area contributed by atoms with E-state index in [4.69, 9.17) is 0 Å². The van der Waals surface area contributed by atoms with Crippen LogP contribution in [0.5, 0.6) is 0 Å². The number of nitrogens with one attached hydrogen (secondary N) is 2. The van der Waals surface area contributed by atoms with Gasteiger partial charge in [0.1, 0.15) is 6.04 Å². The van der Waals surface area contributed by atoms with Crippen LogP contribution in [0.15, 0.2) is 18.2 Å². The molecule has 0 spiro atoms. The predicted molar refractivity (Wildman–Crippen MR) is 92.6 cm³/mol. The van der Waals surface area contributed by atoms with Gasteiger partial charge in [0, 0.05) is 17.8 Å². The lowest BCUT2D eigenvalue weighted by Crippen LogP contribution is -2.52. The third-order valence-electron chi connectivity index (χ3n) is 3.79. The smallest absolute Gasteiger partial charge is 0.322 e. The monoisotopic (exact) mass is 317 g/mol. The summed E-state index contributed by atoms with van der Waals surface area (Å²) in [4.78, 5) is 26.6. The van der Waals surface area contributed by atoms with Gasteiger partial charge >= 0.3 is 6.03 Å². The van der Waals surface area contributed by atoms with Crippen molar-refractivity contribution in [1.29, 1.82) is 0 Å². The first-order valence-corrected chi connectivity index (χ1v) is 8.14. The molecule has 1 aliphatic rings. The zero-order chi connectivity index (χ0) is 17.2. The molecule has 0 aliphatic carbocycles. The number of carbonyl (C=O) groups is 2. The molecule has 0 saturated carbocycles. The topological polar surface area (TPSA) is 61.4 Å². The summed E-state index contributed by atoms with van der Waals surface area (Å²) >= 11 is 0. The summed E-state index contributed by atoms with van der Waals surface area (Å²) in [5, 5.41) is 5.89. The normalized spacial score (nSPS) is 18.0. The predicted octanol–water partition coefficient (Wildman–Crippen LogP) is 3.21. The first-order chi connectivity index (χ1) is 10.7. The van der Waals surface area contributed by atoms with Crippen molar-refractivity contribution in [3.63, 3.8) is 0 Å². The first kappa shape index (κ1) is 17.3. The molecule has 2 N–H and O–H groups in total.